The third kappa shape index (κ3) is 4.84. The molecule has 1 saturated carbocycles. The summed E-state index contributed by atoms with van der Waals surface area (Å²) < 4.78 is 27.2. The van der Waals surface area contributed by atoms with Crippen LogP contribution < -0.4 is 10.0 Å². The van der Waals surface area contributed by atoms with Crippen LogP contribution in [0.15, 0.2) is 53.4 Å². The van der Waals surface area contributed by atoms with E-state index in [0.717, 1.165) is 24.2 Å². The molecule has 1 amide bonds. The van der Waals surface area contributed by atoms with Crippen LogP contribution in [0.3, 0.4) is 0 Å². The highest BCUT2D eigenvalue weighted by atomic mass is 32.2. The highest BCUT2D eigenvalue weighted by molar-refractivity contribution is 7.97. The Bertz CT molecular complexity index is 860. The molecule has 25 heavy (non-hydrogen) atoms. The van der Waals surface area contributed by atoms with E-state index in [4.69, 9.17) is 0 Å². The molecule has 0 aliphatic heterocycles. The summed E-state index contributed by atoms with van der Waals surface area (Å²) in [6.45, 7) is 0. The van der Waals surface area contributed by atoms with Gasteiger partial charge >= 0.3 is 0 Å². The molecule has 0 bridgehead atoms. The fraction of sp³-hybridized carbons (Fsp3) is 0.278. The molecule has 0 aromatic heterocycles. The summed E-state index contributed by atoms with van der Waals surface area (Å²) in [5, 5.41) is 2.75. The molecular formula is C18H20N2O3S2. The summed E-state index contributed by atoms with van der Waals surface area (Å²) in [6.07, 6.45) is 3.78. The molecule has 132 valence electrons. The van der Waals surface area contributed by atoms with Gasteiger partial charge in [-0.25, -0.2) is 13.1 Å². The van der Waals surface area contributed by atoms with Crippen molar-refractivity contribution in [1.29, 1.82) is 0 Å². The maximum Gasteiger partial charge on any atom is 0.255 e. The molecule has 2 aromatic carbocycles. The summed E-state index contributed by atoms with van der Waals surface area (Å²) in [7, 11) is -3.54. The number of carbonyl (C=O) groups is 1. The first kappa shape index (κ1) is 18.0. The average molecular weight is 377 g/mol. The second-order valence-corrected chi connectivity index (χ2v) is 8.59. The van der Waals surface area contributed by atoms with E-state index in [0.29, 0.717) is 11.3 Å². The van der Waals surface area contributed by atoms with Crippen LogP contribution in [0.4, 0.5) is 5.69 Å². The molecule has 0 heterocycles. The number of hydrogen-bond acceptors (Lipinski definition) is 4. The maximum atomic E-state index is 12.4. The standard InChI is InChI=1S/C18H20N2O3S2/c1-24-12-13-5-7-14(8-6-13)18(21)19-16-3-2-4-17(11-16)25(22,23)20-15-9-10-15/h2-8,11,15,20H,9-10,12H2,1H3,(H,19,21). The topological polar surface area (TPSA) is 75.3 Å². The van der Waals surface area contributed by atoms with Gasteiger partial charge in [0.25, 0.3) is 5.91 Å². The molecule has 0 atom stereocenters. The van der Waals surface area contributed by atoms with Crippen LogP contribution in [-0.2, 0) is 15.8 Å². The largest absolute Gasteiger partial charge is 0.322 e. The first-order valence-electron chi connectivity index (χ1n) is 7.99. The van der Waals surface area contributed by atoms with Crippen LogP contribution in [0.2, 0.25) is 0 Å². The number of anilines is 1. The van der Waals surface area contributed by atoms with Crippen LogP contribution in [0.25, 0.3) is 0 Å². The Hall–Kier alpha value is -1.83. The SMILES string of the molecule is CSCc1ccc(C(=O)Nc2cccc(S(=O)(=O)NC3CC3)c2)cc1. The van der Waals surface area contributed by atoms with Gasteiger partial charge < -0.3 is 5.32 Å². The predicted molar refractivity (Wildman–Crippen MR) is 101 cm³/mol. The predicted octanol–water partition coefficient (Wildman–Crippen LogP) is 3.24. The van der Waals surface area contributed by atoms with Gasteiger partial charge in [0.2, 0.25) is 10.0 Å². The summed E-state index contributed by atoms with van der Waals surface area (Å²) in [6, 6.07) is 13.7. The van der Waals surface area contributed by atoms with Crippen LogP contribution in [0, 0.1) is 0 Å². The fourth-order valence-corrected chi connectivity index (χ4v) is 4.23. The van der Waals surface area contributed by atoms with E-state index in [2.05, 4.69) is 10.0 Å². The van der Waals surface area contributed by atoms with Crippen LogP contribution in [0.5, 0.6) is 0 Å². The van der Waals surface area contributed by atoms with Crippen molar-refractivity contribution < 1.29 is 13.2 Å². The summed E-state index contributed by atoms with van der Waals surface area (Å²) in [5.41, 5.74) is 2.15. The van der Waals surface area contributed by atoms with Gasteiger partial charge in [0.15, 0.2) is 0 Å². The third-order valence-corrected chi connectivity index (χ3v) is 5.97. The second kappa shape index (κ2) is 7.59. The Kier molecular flexibility index (Phi) is 5.46. The van der Waals surface area contributed by atoms with Crippen molar-refractivity contribution in [3.05, 3.63) is 59.7 Å². The van der Waals surface area contributed by atoms with Crippen molar-refractivity contribution >= 4 is 33.4 Å². The Labute approximate surface area is 152 Å². The highest BCUT2D eigenvalue weighted by Crippen LogP contribution is 2.23. The van der Waals surface area contributed by atoms with E-state index >= 15 is 0 Å². The lowest BCUT2D eigenvalue weighted by molar-refractivity contribution is 0.102. The number of benzene rings is 2. The van der Waals surface area contributed by atoms with Gasteiger partial charge in [-0.05, 0) is 55.0 Å². The minimum Gasteiger partial charge on any atom is -0.322 e. The minimum absolute atomic E-state index is 0.0445. The van der Waals surface area contributed by atoms with Crippen LogP contribution in [0.1, 0.15) is 28.8 Å². The van der Waals surface area contributed by atoms with Crippen molar-refractivity contribution in [3.63, 3.8) is 0 Å². The molecule has 1 fully saturated rings. The molecule has 3 rings (SSSR count). The zero-order valence-corrected chi connectivity index (χ0v) is 15.5. The molecule has 1 aliphatic carbocycles. The molecule has 2 aromatic rings. The van der Waals surface area contributed by atoms with Gasteiger partial charge in [-0.1, -0.05) is 18.2 Å². The number of carbonyl (C=O) groups excluding carboxylic acids is 1. The highest BCUT2D eigenvalue weighted by Gasteiger charge is 2.28. The molecular weight excluding hydrogens is 356 g/mol. The molecule has 0 spiro atoms. The van der Waals surface area contributed by atoms with Crippen molar-refractivity contribution in [2.24, 2.45) is 0 Å². The first-order valence-corrected chi connectivity index (χ1v) is 10.9. The van der Waals surface area contributed by atoms with Gasteiger partial charge in [0, 0.05) is 23.0 Å². The number of hydrogen-bond donors (Lipinski definition) is 2. The van der Waals surface area contributed by atoms with Gasteiger partial charge in [-0.2, -0.15) is 11.8 Å². The Morgan fingerprint density at radius 2 is 1.88 bits per heavy atom. The van der Waals surface area contributed by atoms with Crippen molar-refractivity contribution in [2.75, 3.05) is 11.6 Å². The number of thioether (sulfide) groups is 1. The molecule has 2 N–H and O–H groups in total. The smallest absolute Gasteiger partial charge is 0.255 e. The first-order chi connectivity index (χ1) is 12.0. The molecule has 0 unspecified atom stereocenters. The zero-order chi connectivity index (χ0) is 17.9. The van der Waals surface area contributed by atoms with E-state index in [-0.39, 0.29) is 16.8 Å². The van der Waals surface area contributed by atoms with Crippen molar-refractivity contribution in [1.82, 2.24) is 4.72 Å². The third-order valence-electron chi connectivity index (χ3n) is 3.83. The molecule has 7 heteroatoms. The van der Waals surface area contributed by atoms with Gasteiger partial charge in [0.05, 0.1) is 4.90 Å². The lowest BCUT2D eigenvalue weighted by Gasteiger charge is -2.09. The summed E-state index contributed by atoms with van der Waals surface area (Å²) >= 11 is 1.72. The Balaban J connectivity index is 1.71. The van der Waals surface area contributed by atoms with E-state index in [9.17, 15) is 13.2 Å². The number of nitrogens with one attached hydrogen (secondary N) is 2. The quantitative estimate of drug-likeness (QED) is 0.778. The number of rotatable bonds is 7. The summed E-state index contributed by atoms with van der Waals surface area (Å²) in [4.78, 5) is 12.5. The monoisotopic (exact) mass is 376 g/mol. The summed E-state index contributed by atoms with van der Waals surface area (Å²) in [5.74, 6) is 0.635. The van der Waals surface area contributed by atoms with E-state index in [1.807, 2.05) is 18.4 Å². The van der Waals surface area contributed by atoms with Gasteiger partial charge in [-0.15, -0.1) is 0 Å². The maximum absolute atomic E-state index is 12.4. The van der Waals surface area contributed by atoms with Gasteiger partial charge in [0.1, 0.15) is 0 Å². The van der Waals surface area contributed by atoms with E-state index in [1.165, 1.54) is 12.1 Å². The fourth-order valence-electron chi connectivity index (χ4n) is 2.35. The number of sulfonamides is 1. The number of amides is 1. The molecule has 5 nitrogen and oxygen atoms in total. The lowest BCUT2D eigenvalue weighted by Crippen LogP contribution is -2.25. The Morgan fingerprint density at radius 3 is 2.52 bits per heavy atom. The zero-order valence-electron chi connectivity index (χ0n) is 13.9. The van der Waals surface area contributed by atoms with Crippen LogP contribution >= 0.6 is 11.8 Å². The van der Waals surface area contributed by atoms with E-state index in [1.54, 1.807) is 36.0 Å². The molecule has 1 aliphatic rings. The van der Waals surface area contributed by atoms with Gasteiger partial charge in [-0.3, -0.25) is 4.79 Å². The second-order valence-electron chi connectivity index (χ2n) is 6.01. The van der Waals surface area contributed by atoms with Crippen molar-refractivity contribution in [2.45, 2.75) is 29.5 Å². The lowest BCUT2D eigenvalue weighted by atomic mass is 10.1. The van der Waals surface area contributed by atoms with Crippen LogP contribution in [-0.4, -0.2) is 26.6 Å². The normalized spacial score (nSPS) is 14.3. The average Bonchev–Trinajstić information content (AvgIpc) is 3.39. The minimum atomic E-state index is -3.54. The molecule has 0 saturated heterocycles. The molecule has 0 radical (unpaired) electrons. The van der Waals surface area contributed by atoms with E-state index < -0.39 is 10.0 Å². The van der Waals surface area contributed by atoms with Crippen molar-refractivity contribution in [3.8, 4) is 0 Å². The Morgan fingerprint density at radius 1 is 1.16 bits per heavy atom.